The van der Waals surface area contributed by atoms with Crippen LogP contribution in [0.25, 0.3) is 0 Å². The number of rotatable bonds is 9. The van der Waals surface area contributed by atoms with Gasteiger partial charge in [0.15, 0.2) is 0 Å². The van der Waals surface area contributed by atoms with Gasteiger partial charge in [-0.25, -0.2) is 0 Å². The maximum absolute atomic E-state index is 9.58. The third-order valence-corrected chi connectivity index (χ3v) is 2.31. The lowest BCUT2D eigenvalue weighted by Gasteiger charge is -2.12. The molecular weight excluding hydrogens is 218 g/mol. The molecule has 4 heteroatoms. The molecule has 96 valence electrons. The van der Waals surface area contributed by atoms with Gasteiger partial charge in [0.05, 0.1) is 19.3 Å². The van der Waals surface area contributed by atoms with Gasteiger partial charge in [0.1, 0.15) is 0 Å². The Morgan fingerprint density at radius 3 is 2.71 bits per heavy atom. The van der Waals surface area contributed by atoms with Gasteiger partial charge in [-0.05, 0) is 18.5 Å². The van der Waals surface area contributed by atoms with Crippen LogP contribution in [0.5, 0.6) is 0 Å². The van der Waals surface area contributed by atoms with E-state index in [1.807, 2.05) is 30.3 Å². The van der Waals surface area contributed by atoms with Crippen LogP contribution in [0, 0.1) is 0 Å². The third kappa shape index (κ3) is 7.07. The first kappa shape index (κ1) is 14.1. The molecule has 0 aliphatic carbocycles. The predicted molar refractivity (Wildman–Crippen MR) is 66.7 cm³/mol. The molecule has 1 aromatic carbocycles. The SMILES string of the molecule is OCCCNCC(O)COCc1ccccc1. The molecule has 0 saturated carbocycles. The van der Waals surface area contributed by atoms with Crippen LogP contribution in [-0.4, -0.2) is 42.6 Å². The largest absolute Gasteiger partial charge is 0.396 e. The monoisotopic (exact) mass is 239 g/mol. The molecule has 0 amide bonds. The van der Waals surface area contributed by atoms with Crippen LogP contribution in [0.2, 0.25) is 0 Å². The number of aliphatic hydroxyl groups excluding tert-OH is 2. The van der Waals surface area contributed by atoms with Crippen LogP contribution in [-0.2, 0) is 11.3 Å². The zero-order valence-electron chi connectivity index (χ0n) is 10.0. The number of aliphatic hydroxyl groups is 2. The van der Waals surface area contributed by atoms with E-state index in [0.29, 0.717) is 32.7 Å². The fourth-order valence-corrected chi connectivity index (χ4v) is 1.42. The molecule has 4 nitrogen and oxygen atoms in total. The van der Waals surface area contributed by atoms with Crippen molar-refractivity contribution < 1.29 is 14.9 Å². The van der Waals surface area contributed by atoms with Gasteiger partial charge >= 0.3 is 0 Å². The van der Waals surface area contributed by atoms with Gasteiger partial charge in [0.25, 0.3) is 0 Å². The standard InChI is InChI=1S/C13H21NO3/c15-8-4-7-14-9-13(16)11-17-10-12-5-2-1-3-6-12/h1-3,5-6,13-16H,4,7-11H2. The summed E-state index contributed by atoms with van der Waals surface area (Å²) in [5.41, 5.74) is 1.10. The minimum Gasteiger partial charge on any atom is -0.396 e. The Hall–Kier alpha value is -0.940. The third-order valence-electron chi connectivity index (χ3n) is 2.31. The van der Waals surface area contributed by atoms with E-state index >= 15 is 0 Å². The molecule has 0 spiro atoms. The first-order valence-electron chi connectivity index (χ1n) is 5.94. The average molecular weight is 239 g/mol. The van der Waals surface area contributed by atoms with Crippen molar-refractivity contribution in [3.8, 4) is 0 Å². The van der Waals surface area contributed by atoms with E-state index in [4.69, 9.17) is 9.84 Å². The summed E-state index contributed by atoms with van der Waals surface area (Å²) in [6, 6.07) is 9.87. The van der Waals surface area contributed by atoms with Gasteiger partial charge in [0, 0.05) is 13.2 Å². The highest BCUT2D eigenvalue weighted by Crippen LogP contribution is 2.00. The van der Waals surface area contributed by atoms with E-state index in [9.17, 15) is 5.11 Å². The first-order valence-corrected chi connectivity index (χ1v) is 5.94. The first-order chi connectivity index (χ1) is 8.33. The Morgan fingerprint density at radius 2 is 2.00 bits per heavy atom. The van der Waals surface area contributed by atoms with Gasteiger partial charge in [-0.1, -0.05) is 30.3 Å². The number of hydrogen-bond acceptors (Lipinski definition) is 4. The summed E-state index contributed by atoms with van der Waals surface area (Å²) >= 11 is 0. The van der Waals surface area contributed by atoms with Crippen molar-refractivity contribution in [3.05, 3.63) is 35.9 Å². The normalized spacial score (nSPS) is 12.6. The Bertz CT molecular complexity index is 279. The second-order valence-electron chi connectivity index (χ2n) is 3.94. The van der Waals surface area contributed by atoms with Crippen molar-refractivity contribution in [1.29, 1.82) is 0 Å². The Labute approximate surface area is 102 Å². The molecule has 0 bridgehead atoms. The second kappa shape index (κ2) is 9.13. The fraction of sp³-hybridized carbons (Fsp3) is 0.538. The van der Waals surface area contributed by atoms with Crippen molar-refractivity contribution >= 4 is 0 Å². The molecule has 0 heterocycles. The van der Waals surface area contributed by atoms with Gasteiger partial charge < -0.3 is 20.3 Å². The summed E-state index contributed by atoms with van der Waals surface area (Å²) in [6.45, 7) is 2.23. The van der Waals surface area contributed by atoms with Crippen LogP contribution < -0.4 is 5.32 Å². The van der Waals surface area contributed by atoms with Gasteiger partial charge in [0.2, 0.25) is 0 Å². The molecule has 1 unspecified atom stereocenters. The minimum absolute atomic E-state index is 0.174. The van der Waals surface area contributed by atoms with E-state index in [1.165, 1.54) is 0 Å². The summed E-state index contributed by atoms with van der Waals surface area (Å²) in [5.74, 6) is 0. The maximum Gasteiger partial charge on any atom is 0.0897 e. The van der Waals surface area contributed by atoms with E-state index in [2.05, 4.69) is 5.32 Å². The quantitative estimate of drug-likeness (QED) is 0.550. The Morgan fingerprint density at radius 1 is 1.24 bits per heavy atom. The summed E-state index contributed by atoms with van der Waals surface area (Å²) < 4.78 is 5.40. The fourth-order valence-electron chi connectivity index (χ4n) is 1.42. The van der Waals surface area contributed by atoms with E-state index in [1.54, 1.807) is 0 Å². The summed E-state index contributed by atoms with van der Waals surface area (Å²) in [4.78, 5) is 0. The lowest BCUT2D eigenvalue weighted by molar-refractivity contribution is 0.0288. The zero-order valence-corrected chi connectivity index (χ0v) is 10.0. The van der Waals surface area contributed by atoms with Gasteiger partial charge in [-0.15, -0.1) is 0 Å². The van der Waals surface area contributed by atoms with Crippen molar-refractivity contribution in [2.24, 2.45) is 0 Å². The molecule has 0 aliphatic rings. The summed E-state index contributed by atoms with van der Waals surface area (Å²) in [5, 5.41) is 21.2. The molecule has 1 rings (SSSR count). The molecule has 0 saturated heterocycles. The zero-order chi connectivity index (χ0) is 12.3. The molecule has 3 N–H and O–H groups in total. The molecule has 17 heavy (non-hydrogen) atoms. The molecule has 0 aromatic heterocycles. The summed E-state index contributed by atoms with van der Waals surface area (Å²) in [6.07, 6.45) is 0.204. The molecule has 1 atom stereocenters. The second-order valence-corrected chi connectivity index (χ2v) is 3.94. The van der Waals surface area contributed by atoms with E-state index in [0.717, 1.165) is 5.56 Å². The smallest absolute Gasteiger partial charge is 0.0897 e. The molecule has 0 aliphatic heterocycles. The Balaban J connectivity index is 2.02. The van der Waals surface area contributed by atoms with Crippen LogP contribution in [0.3, 0.4) is 0 Å². The van der Waals surface area contributed by atoms with Crippen LogP contribution in [0.15, 0.2) is 30.3 Å². The van der Waals surface area contributed by atoms with Gasteiger partial charge in [-0.3, -0.25) is 0 Å². The van der Waals surface area contributed by atoms with Crippen molar-refractivity contribution in [2.75, 3.05) is 26.3 Å². The van der Waals surface area contributed by atoms with Crippen LogP contribution in [0.4, 0.5) is 0 Å². The number of benzene rings is 1. The molecule has 0 radical (unpaired) electrons. The van der Waals surface area contributed by atoms with Crippen molar-refractivity contribution in [1.82, 2.24) is 5.32 Å². The van der Waals surface area contributed by atoms with Crippen molar-refractivity contribution in [2.45, 2.75) is 19.1 Å². The predicted octanol–water partition coefficient (Wildman–Crippen LogP) is 0.536. The van der Waals surface area contributed by atoms with Crippen LogP contribution >= 0.6 is 0 Å². The summed E-state index contributed by atoms with van der Waals surface area (Å²) in [7, 11) is 0. The number of hydrogen-bond donors (Lipinski definition) is 3. The maximum atomic E-state index is 9.58. The highest BCUT2D eigenvalue weighted by Gasteiger charge is 2.03. The van der Waals surface area contributed by atoms with Gasteiger partial charge in [-0.2, -0.15) is 0 Å². The topological polar surface area (TPSA) is 61.7 Å². The average Bonchev–Trinajstić information content (AvgIpc) is 2.36. The van der Waals surface area contributed by atoms with Crippen LogP contribution in [0.1, 0.15) is 12.0 Å². The molecule has 0 fully saturated rings. The van der Waals surface area contributed by atoms with E-state index in [-0.39, 0.29) is 6.61 Å². The number of ether oxygens (including phenoxy) is 1. The molecular formula is C13H21NO3. The van der Waals surface area contributed by atoms with Crippen molar-refractivity contribution in [3.63, 3.8) is 0 Å². The lowest BCUT2D eigenvalue weighted by Crippen LogP contribution is -2.31. The molecule has 1 aromatic rings. The lowest BCUT2D eigenvalue weighted by atomic mass is 10.2. The Kier molecular flexibility index (Phi) is 7.58. The number of nitrogens with one attached hydrogen (secondary N) is 1. The minimum atomic E-state index is -0.502. The van der Waals surface area contributed by atoms with E-state index < -0.39 is 6.10 Å². The highest BCUT2D eigenvalue weighted by molar-refractivity contribution is 5.13. The highest BCUT2D eigenvalue weighted by atomic mass is 16.5.